The third-order valence-electron chi connectivity index (χ3n) is 8.17. The van der Waals surface area contributed by atoms with Crippen molar-refractivity contribution in [3.63, 3.8) is 0 Å². The first kappa shape index (κ1) is 24.9. The van der Waals surface area contributed by atoms with Crippen molar-refractivity contribution in [2.24, 2.45) is 0 Å². The number of aromatic nitrogens is 4. The van der Waals surface area contributed by atoms with E-state index in [0.717, 1.165) is 11.1 Å². The third-order valence-corrected chi connectivity index (χ3v) is 8.17. The normalized spacial score (nSPS) is 22.5. The lowest BCUT2D eigenvalue weighted by atomic mass is 9.82. The number of nitrogens with zero attached hydrogens (tertiary/aromatic N) is 4. The van der Waals surface area contributed by atoms with E-state index in [2.05, 4.69) is 15.3 Å². The van der Waals surface area contributed by atoms with Crippen molar-refractivity contribution in [2.75, 3.05) is 0 Å². The number of hydrogen-bond acceptors (Lipinski definition) is 6. The van der Waals surface area contributed by atoms with E-state index in [-0.39, 0.29) is 35.9 Å². The van der Waals surface area contributed by atoms with E-state index in [9.17, 15) is 27.5 Å². The number of carbonyl (C=O) groups is 1. The second-order valence-electron chi connectivity index (χ2n) is 10.6. The van der Waals surface area contributed by atoms with E-state index in [1.165, 1.54) is 12.1 Å². The summed E-state index contributed by atoms with van der Waals surface area (Å²) in [6.07, 6.45) is 2.43. The van der Waals surface area contributed by atoms with Crippen LogP contribution >= 0.6 is 0 Å². The van der Waals surface area contributed by atoms with Crippen molar-refractivity contribution in [1.29, 1.82) is 0 Å². The summed E-state index contributed by atoms with van der Waals surface area (Å²) in [4.78, 5) is 26.3. The molecule has 206 valence electrons. The number of benzene rings is 2. The maximum atomic E-state index is 13.6. The van der Waals surface area contributed by atoms with E-state index >= 15 is 0 Å². The van der Waals surface area contributed by atoms with Crippen LogP contribution < -0.4 is 10.1 Å². The molecule has 0 radical (unpaired) electrons. The molecule has 2 aromatic carbocycles. The molecule has 3 aliphatic rings. The molecule has 40 heavy (non-hydrogen) atoms. The fourth-order valence-corrected chi connectivity index (χ4v) is 6.16. The van der Waals surface area contributed by atoms with Crippen molar-refractivity contribution >= 4 is 16.9 Å². The fraction of sp³-hybridized carbons (Fsp3) is 0.357. The number of rotatable bonds is 4. The van der Waals surface area contributed by atoms with Gasteiger partial charge in [0, 0.05) is 41.9 Å². The summed E-state index contributed by atoms with van der Waals surface area (Å²) in [7, 11) is 0. The van der Waals surface area contributed by atoms with Gasteiger partial charge >= 0.3 is 6.61 Å². The second kappa shape index (κ2) is 8.72. The molecule has 12 heteroatoms. The van der Waals surface area contributed by atoms with E-state index in [1.54, 1.807) is 18.5 Å². The van der Waals surface area contributed by atoms with Crippen LogP contribution in [-0.2, 0) is 5.60 Å². The number of fused-ring (bicyclic) bond motifs is 9. The molecule has 0 saturated heterocycles. The number of halogens is 4. The van der Waals surface area contributed by atoms with E-state index < -0.39 is 43.1 Å². The van der Waals surface area contributed by atoms with Gasteiger partial charge in [-0.05, 0) is 49.1 Å². The Morgan fingerprint density at radius 1 is 1.05 bits per heavy atom. The highest BCUT2D eigenvalue weighted by atomic mass is 19.3. The molecule has 4 aromatic rings. The van der Waals surface area contributed by atoms with Gasteiger partial charge in [-0.3, -0.25) is 4.79 Å². The number of alkyl halides is 4. The molecule has 2 aliphatic heterocycles. The Morgan fingerprint density at radius 3 is 2.52 bits per heavy atom. The number of hydrogen-bond donors (Lipinski definition) is 2. The van der Waals surface area contributed by atoms with Gasteiger partial charge in [-0.1, -0.05) is 12.1 Å². The Kier molecular flexibility index (Phi) is 5.44. The summed E-state index contributed by atoms with van der Waals surface area (Å²) < 4.78 is 60.5. The van der Waals surface area contributed by atoms with Crippen LogP contribution in [0.5, 0.6) is 5.75 Å². The van der Waals surface area contributed by atoms with Gasteiger partial charge in [-0.15, -0.1) is 0 Å². The first-order valence-electron chi connectivity index (χ1n) is 13.0. The quantitative estimate of drug-likeness (QED) is 0.334. The molecule has 1 aliphatic carbocycles. The van der Waals surface area contributed by atoms with Crippen molar-refractivity contribution in [1.82, 2.24) is 24.8 Å². The fourth-order valence-electron chi connectivity index (χ4n) is 6.16. The number of imidazole rings is 1. The summed E-state index contributed by atoms with van der Waals surface area (Å²) in [6.45, 7) is -3.05. The Balaban J connectivity index is 1.28. The molecule has 2 aromatic heterocycles. The summed E-state index contributed by atoms with van der Waals surface area (Å²) >= 11 is 0. The van der Waals surface area contributed by atoms with Crippen molar-refractivity contribution in [3.8, 4) is 16.9 Å². The van der Waals surface area contributed by atoms with E-state index in [1.807, 2.05) is 22.8 Å². The van der Waals surface area contributed by atoms with Crippen molar-refractivity contribution < 1.29 is 32.2 Å². The molecule has 1 fully saturated rings. The molecule has 7 rings (SSSR count). The highest BCUT2D eigenvalue weighted by Crippen LogP contribution is 2.48. The summed E-state index contributed by atoms with van der Waals surface area (Å²) in [6, 6.07) is 9.19. The van der Waals surface area contributed by atoms with E-state index in [4.69, 9.17) is 9.72 Å². The highest BCUT2D eigenvalue weighted by Gasteiger charge is 2.45. The Hall–Kier alpha value is -4.06. The topological polar surface area (TPSA) is 102 Å². The molecule has 0 spiro atoms. The van der Waals surface area contributed by atoms with Gasteiger partial charge < -0.3 is 19.7 Å². The minimum absolute atomic E-state index is 0.0541. The number of amides is 1. The van der Waals surface area contributed by atoms with Gasteiger partial charge in [0.1, 0.15) is 17.2 Å². The Bertz CT molecular complexity index is 1650. The lowest BCUT2D eigenvalue weighted by Crippen LogP contribution is -2.37. The maximum absolute atomic E-state index is 13.6. The lowest BCUT2D eigenvalue weighted by Gasteiger charge is -2.34. The number of ether oxygens (including phenoxy) is 1. The SMILES string of the molecule is O=C1NC2CC(c3c(OC(F)F)cccc31)n1c2nc2ccc(-c3cnc(C4(O)CCC(F)(F)CC4)nc3)cc21. The smallest absolute Gasteiger partial charge is 0.387 e. The summed E-state index contributed by atoms with van der Waals surface area (Å²) in [5.74, 6) is -2.49. The average molecular weight is 554 g/mol. The first-order chi connectivity index (χ1) is 19.1. The molecule has 2 atom stereocenters. The Labute approximate surface area is 225 Å². The molecule has 8 nitrogen and oxygen atoms in total. The number of nitrogens with one attached hydrogen (secondary N) is 1. The largest absolute Gasteiger partial charge is 0.434 e. The van der Waals surface area contributed by atoms with Crippen LogP contribution in [-0.4, -0.2) is 43.1 Å². The monoisotopic (exact) mass is 553 g/mol. The van der Waals surface area contributed by atoms with Crippen molar-refractivity contribution in [3.05, 3.63) is 71.6 Å². The van der Waals surface area contributed by atoms with Crippen LogP contribution in [0.15, 0.2) is 48.8 Å². The molecule has 2 unspecified atom stereocenters. The summed E-state index contributed by atoms with van der Waals surface area (Å²) in [5.41, 5.74) is 1.92. The van der Waals surface area contributed by atoms with Crippen LogP contribution in [0.4, 0.5) is 17.6 Å². The predicted octanol–water partition coefficient (Wildman–Crippen LogP) is 5.27. The number of carbonyl (C=O) groups excluding carboxylic acids is 1. The predicted molar refractivity (Wildman–Crippen MR) is 134 cm³/mol. The van der Waals surface area contributed by atoms with Gasteiger partial charge in [0.15, 0.2) is 5.82 Å². The maximum Gasteiger partial charge on any atom is 0.387 e. The molecular formula is C28H23F4N5O3. The highest BCUT2D eigenvalue weighted by molar-refractivity contribution is 5.98. The first-order valence-corrected chi connectivity index (χ1v) is 13.0. The standard InChI is InChI=1S/C28H23F4N5O3/c29-26(30)40-21-3-1-2-16-22(21)20-11-18(36-24(16)38)23-35-17-5-4-14(10-19(17)37(20)23)15-12-33-25(34-13-15)27(39)6-8-28(31,32)9-7-27/h1-5,10,12-13,18,20,26,39H,6-9,11H2,(H,36,38). The lowest BCUT2D eigenvalue weighted by molar-refractivity contribution is -0.110. The molecular weight excluding hydrogens is 530 g/mol. The van der Waals surface area contributed by atoms with Crippen LogP contribution in [0.25, 0.3) is 22.2 Å². The molecule has 2 bridgehead atoms. The minimum Gasteiger partial charge on any atom is -0.434 e. The molecule has 4 heterocycles. The van der Waals surface area contributed by atoms with Crippen LogP contribution in [0, 0.1) is 0 Å². The van der Waals surface area contributed by atoms with Crippen LogP contribution in [0.1, 0.15) is 71.8 Å². The van der Waals surface area contributed by atoms with Gasteiger partial charge in [-0.25, -0.2) is 23.7 Å². The van der Waals surface area contributed by atoms with Gasteiger partial charge in [0.2, 0.25) is 5.92 Å². The van der Waals surface area contributed by atoms with Crippen LogP contribution in [0.2, 0.25) is 0 Å². The zero-order valence-corrected chi connectivity index (χ0v) is 21.0. The van der Waals surface area contributed by atoms with Gasteiger partial charge in [-0.2, -0.15) is 8.78 Å². The summed E-state index contributed by atoms with van der Waals surface area (Å²) in [5, 5.41) is 13.8. The van der Waals surface area contributed by atoms with Crippen LogP contribution in [0.3, 0.4) is 0 Å². The zero-order chi connectivity index (χ0) is 27.8. The average Bonchev–Trinajstić information content (AvgIpc) is 3.42. The zero-order valence-electron chi connectivity index (χ0n) is 21.0. The number of aliphatic hydroxyl groups is 1. The van der Waals surface area contributed by atoms with E-state index in [0.29, 0.717) is 28.9 Å². The molecule has 1 saturated carbocycles. The Morgan fingerprint density at radius 2 is 1.80 bits per heavy atom. The second-order valence-corrected chi connectivity index (χ2v) is 10.6. The minimum atomic E-state index is -3.05. The van der Waals surface area contributed by atoms with Gasteiger partial charge in [0.25, 0.3) is 5.91 Å². The molecule has 2 N–H and O–H groups in total. The third kappa shape index (κ3) is 3.92. The van der Waals surface area contributed by atoms with Gasteiger partial charge in [0.05, 0.1) is 23.1 Å². The molecule has 1 amide bonds. The van der Waals surface area contributed by atoms with Crippen molar-refractivity contribution in [2.45, 2.75) is 62.3 Å².